The fourth-order valence-electron chi connectivity index (χ4n) is 1.62. The molecule has 0 amide bonds. The zero-order chi connectivity index (χ0) is 13.7. The Morgan fingerprint density at radius 2 is 2.11 bits per heavy atom. The van der Waals surface area contributed by atoms with Gasteiger partial charge in [0.15, 0.2) is 0 Å². The van der Waals surface area contributed by atoms with Crippen molar-refractivity contribution in [2.75, 3.05) is 7.11 Å². The Labute approximate surface area is 125 Å². The summed E-state index contributed by atoms with van der Waals surface area (Å²) in [6.07, 6.45) is 1.69. The summed E-state index contributed by atoms with van der Waals surface area (Å²) in [6, 6.07) is 9.51. The van der Waals surface area contributed by atoms with Gasteiger partial charge in [0.1, 0.15) is 12.4 Å². The smallest absolute Gasteiger partial charge is 0.219 e. The molecule has 0 radical (unpaired) electrons. The topological polar surface area (TPSA) is 31.4 Å². The maximum atomic E-state index is 5.85. The van der Waals surface area contributed by atoms with E-state index < -0.39 is 0 Å². The first kappa shape index (κ1) is 14.2. The highest BCUT2D eigenvalue weighted by Gasteiger charge is 2.06. The molecule has 0 aliphatic rings. The molecule has 3 nitrogen and oxygen atoms in total. The van der Waals surface area contributed by atoms with E-state index in [1.165, 1.54) is 0 Å². The van der Waals surface area contributed by atoms with E-state index in [0.29, 0.717) is 18.4 Å². The summed E-state index contributed by atoms with van der Waals surface area (Å²) in [7, 11) is 1.59. The highest BCUT2D eigenvalue weighted by atomic mass is 79.9. The lowest BCUT2D eigenvalue weighted by molar-refractivity contribution is 0.293. The van der Waals surface area contributed by atoms with Crippen LogP contribution in [-0.2, 0) is 12.5 Å². The fourth-order valence-corrected chi connectivity index (χ4v) is 2.39. The van der Waals surface area contributed by atoms with E-state index in [4.69, 9.17) is 21.1 Å². The first-order chi connectivity index (χ1) is 9.24. The van der Waals surface area contributed by atoms with E-state index in [9.17, 15) is 0 Å². The molecule has 0 saturated carbocycles. The molecule has 0 spiro atoms. The van der Waals surface area contributed by atoms with Crippen molar-refractivity contribution in [2.24, 2.45) is 0 Å². The molecule has 0 atom stereocenters. The maximum Gasteiger partial charge on any atom is 0.219 e. The lowest BCUT2D eigenvalue weighted by atomic mass is 10.2. The van der Waals surface area contributed by atoms with E-state index >= 15 is 0 Å². The number of rotatable bonds is 5. The predicted molar refractivity (Wildman–Crippen MR) is 78.8 cm³/mol. The van der Waals surface area contributed by atoms with Crippen molar-refractivity contribution in [3.63, 3.8) is 0 Å². The van der Waals surface area contributed by atoms with Crippen LogP contribution in [0.4, 0.5) is 0 Å². The average molecular weight is 343 g/mol. The standard InChI is InChI=1S/C14H13BrClNO2/c1-18-14-10(3-2-6-17-14)9-19-12-4-5-13(15)11(7-12)8-16/h2-7H,8-9H2,1H3. The molecule has 100 valence electrons. The summed E-state index contributed by atoms with van der Waals surface area (Å²) in [5, 5.41) is 0. The van der Waals surface area contributed by atoms with Gasteiger partial charge in [0.25, 0.3) is 0 Å². The highest BCUT2D eigenvalue weighted by Crippen LogP contribution is 2.25. The second-order valence-corrected chi connectivity index (χ2v) is 4.97. The van der Waals surface area contributed by atoms with Crippen molar-refractivity contribution in [1.82, 2.24) is 4.98 Å². The van der Waals surface area contributed by atoms with Crippen molar-refractivity contribution in [3.05, 3.63) is 52.1 Å². The van der Waals surface area contributed by atoms with Crippen molar-refractivity contribution < 1.29 is 9.47 Å². The van der Waals surface area contributed by atoms with Gasteiger partial charge in [0.2, 0.25) is 5.88 Å². The van der Waals surface area contributed by atoms with Crippen LogP contribution in [0.25, 0.3) is 0 Å². The van der Waals surface area contributed by atoms with Crippen LogP contribution in [0.3, 0.4) is 0 Å². The van der Waals surface area contributed by atoms with Crippen LogP contribution in [0, 0.1) is 0 Å². The Morgan fingerprint density at radius 1 is 1.26 bits per heavy atom. The number of hydrogen-bond donors (Lipinski definition) is 0. The van der Waals surface area contributed by atoms with Crippen molar-refractivity contribution in [3.8, 4) is 11.6 Å². The molecule has 0 aliphatic carbocycles. The summed E-state index contributed by atoms with van der Waals surface area (Å²) < 4.78 is 11.9. The molecule has 0 fully saturated rings. The van der Waals surface area contributed by atoms with Crippen LogP contribution < -0.4 is 9.47 Å². The second kappa shape index (κ2) is 6.78. The Bertz CT molecular complexity index is 563. The van der Waals surface area contributed by atoms with Gasteiger partial charge in [-0.1, -0.05) is 15.9 Å². The molecule has 1 aromatic carbocycles. The summed E-state index contributed by atoms with van der Waals surface area (Å²) in [6.45, 7) is 0.403. The third kappa shape index (κ3) is 3.61. The molecule has 1 heterocycles. The number of ether oxygens (including phenoxy) is 2. The van der Waals surface area contributed by atoms with Gasteiger partial charge in [-0.05, 0) is 35.9 Å². The van der Waals surface area contributed by atoms with E-state index in [1.807, 2.05) is 30.3 Å². The van der Waals surface area contributed by atoms with E-state index in [0.717, 1.165) is 21.3 Å². The van der Waals surface area contributed by atoms with Gasteiger partial charge >= 0.3 is 0 Å². The van der Waals surface area contributed by atoms with Crippen LogP contribution in [0.15, 0.2) is 41.0 Å². The molecule has 0 bridgehead atoms. The van der Waals surface area contributed by atoms with Crippen LogP contribution >= 0.6 is 27.5 Å². The first-order valence-electron chi connectivity index (χ1n) is 5.69. The molecule has 0 aliphatic heterocycles. The number of aromatic nitrogens is 1. The normalized spacial score (nSPS) is 10.3. The van der Waals surface area contributed by atoms with Crippen molar-refractivity contribution >= 4 is 27.5 Å². The molecule has 2 aromatic rings. The predicted octanol–water partition coefficient (Wildman–Crippen LogP) is 4.17. The Balaban J connectivity index is 2.10. The van der Waals surface area contributed by atoms with Crippen molar-refractivity contribution in [1.29, 1.82) is 0 Å². The third-order valence-electron chi connectivity index (χ3n) is 2.60. The minimum absolute atomic E-state index is 0.403. The van der Waals surface area contributed by atoms with Crippen LogP contribution in [-0.4, -0.2) is 12.1 Å². The van der Waals surface area contributed by atoms with Crippen LogP contribution in [0.1, 0.15) is 11.1 Å². The lowest BCUT2D eigenvalue weighted by Crippen LogP contribution is -2.00. The minimum atomic E-state index is 0.403. The number of methoxy groups -OCH3 is 1. The quantitative estimate of drug-likeness (QED) is 0.764. The fraction of sp³-hybridized carbons (Fsp3) is 0.214. The number of nitrogens with zero attached hydrogens (tertiary/aromatic N) is 1. The van der Waals surface area contributed by atoms with E-state index in [1.54, 1.807) is 13.3 Å². The molecule has 1 aromatic heterocycles. The van der Waals surface area contributed by atoms with Gasteiger partial charge < -0.3 is 9.47 Å². The van der Waals surface area contributed by atoms with Gasteiger partial charge in [-0.2, -0.15) is 0 Å². The molecule has 0 unspecified atom stereocenters. The number of hydrogen-bond acceptors (Lipinski definition) is 3. The summed E-state index contributed by atoms with van der Waals surface area (Å²) >= 11 is 9.29. The van der Waals surface area contributed by atoms with Gasteiger partial charge in [0, 0.05) is 16.5 Å². The van der Waals surface area contributed by atoms with E-state index in [-0.39, 0.29) is 0 Å². The number of alkyl halides is 1. The van der Waals surface area contributed by atoms with Gasteiger partial charge in [-0.3, -0.25) is 0 Å². The largest absolute Gasteiger partial charge is 0.489 e. The van der Waals surface area contributed by atoms with Gasteiger partial charge in [0.05, 0.1) is 12.7 Å². The first-order valence-corrected chi connectivity index (χ1v) is 7.02. The lowest BCUT2D eigenvalue weighted by Gasteiger charge is -2.10. The van der Waals surface area contributed by atoms with E-state index in [2.05, 4.69) is 20.9 Å². The van der Waals surface area contributed by atoms with Gasteiger partial charge in [-0.15, -0.1) is 11.6 Å². The summed E-state index contributed by atoms with van der Waals surface area (Å²) in [5.41, 5.74) is 1.90. The second-order valence-electron chi connectivity index (χ2n) is 3.85. The van der Waals surface area contributed by atoms with Crippen molar-refractivity contribution in [2.45, 2.75) is 12.5 Å². The summed E-state index contributed by atoms with van der Waals surface area (Å²) in [4.78, 5) is 4.13. The SMILES string of the molecule is COc1ncccc1COc1ccc(Br)c(CCl)c1. The van der Waals surface area contributed by atoms with Gasteiger partial charge in [-0.25, -0.2) is 4.98 Å². The third-order valence-corrected chi connectivity index (χ3v) is 3.66. The maximum absolute atomic E-state index is 5.85. The average Bonchev–Trinajstić information content (AvgIpc) is 2.46. The Kier molecular flexibility index (Phi) is 5.05. The molecule has 2 rings (SSSR count). The Morgan fingerprint density at radius 3 is 2.84 bits per heavy atom. The number of halogens is 2. The molecular weight excluding hydrogens is 330 g/mol. The number of benzene rings is 1. The minimum Gasteiger partial charge on any atom is -0.489 e. The van der Waals surface area contributed by atoms with Crippen LogP contribution in [0.2, 0.25) is 0 Å². The molecule has 5 heteroatoms. The molecule has 0 saturated heterocycles. The molecule has 0 N–H and O–H groups in total. The Hall–Kier alpha value is -1.26. The zero-order valence-corrected chi connectivity index (χ0v) is 12.7. The van der Waals surface area contributed by atoms with Crippen LogP contribution in [0.5, 0.6) is 11.6 Å². The zero-order valence-electron chi connectivity index (χ0n) is 10.4. The highest BCUT2D eigenvalue weighted by molar-refractivity contribution is 9.10. The molecule has 19 heavy (non-hydrogen) atoms. The summed E-state index contributed by atoms with van der Waals surface area (Å²) in [5.74, 6) is 1.79. The monoisotopic (exact) mass is 341 g/mol. The number of pyridine rings is 1. The molecular formula is C14H13BrClNO2.